The van der Waals surface area contributed by atoms with Gasteiger partial charge in [-0.3, -0.25) is 4.79 Å². The number of hydrogen-bond acceptors (Lipinski definition) is 4. The Labute approximate surface area is 254 Å². The molecular formula is C36H64O4S. The Bertz CT molecular complexity index is 806. The Kier molecular flexibility index (Phi) is 25.2. The maximum Gasteiger partial charge on any atom is 0.341 e. The zero-order chi connectivity index (χ0) is 29.7. The molecule has 0 aromatic heterocycles. The monoisotopic (exact) mass is 592 g/mol. The first kappa shape index (κ1) is 37.7. The van der Waals surface area contributed by atoms with Gasteiger partial charge in [-0.2, -0.15) is 8.42 Å². The van der Waals surface area contributed by atoms with Crippen LogP contribution in [0, 0.1) is 0 Å². The van der Waals surface area contributed by atoms with Gasteiger partial charge >= 0.3 is 16.1 Å². The quantitative estimate of drug-likeness (QED) is 0.0658. The first-order valence-corrected chi connectivity index (χ1v) is 19.0. The zero-order valence-corrected chi connectivity index (χ0v) is 27.5. The lowest BCUT2D eigenvalue weighted by Gasteiger charge is -2.06. The lowest BCUT2D eigenvalue weighted by atomic mass is 10.0. The minimum atomic E-state index is -3.99. The lowest BCUT2D eigenvalue weighted by Crippen LogP contribution is -2.13. The van der Waals surface area contributed by atoms with E-state index in [0.29, 0.717) is 6.42 Å². The van der Waals surface area contributed by atoms with Crippen LogP contribution >= 0.6 is 0 Å². The summed E-state index contributed by atoms with van der Waals surface area (Å²) in [4.78, 5) is 11.9. The van der Waals surface area contributed by atoms with Crippen molar-refractivity contribution < 1.29 is 17.4 Å². The Morgan fingerprint density at radius 2 is 0.780 bits per heavy atom. The fraction of sp³-hybridized carbons (Fsp3) is 0.806. The molecule has 238 valence electrons. The van der Waals surface area contributed by atoms with Gasteiger partial charge in [0.25, 0.3) is 0 Å². The number of benzene rings is 1. The van der Waals surface area contributed by atoms with Gasteiger partial charge in [0.05, 0.1) is 0 Å². The van der Waals surface area contributed by atoms with Gasteiger partial charge in [-0.15, -0.1) is 0 Å². The molecule has 0 fully saturated rings. The van der Waals surface area contributed by atoms with Gasteiger partial charge in [0.1, 0.15) is 4.90 Å². The van der Waals surface area contributed by atoms with Crippen LogP contribution in [-0.2, 0) is 19.1 Å². The van der Waals surface area contributed by atoms with E-state index in [1.54, 1.807) is 18.2 Å². The van der Waals surface area contributed by atoms with E-state index in [1.807, 2.05) is 0 Å². The summed E-state index contributed by atoms with van der Waals surface area (Å²) in [6, 6.07) is 7.82. The third kappa shape index (κ3) is 23.8. The van der Waals surface area contributed by atoms with Crippen molar-refractivity contribution in [3.63, 3.8) is 0 Å². The minimum absolute atomic E-state index is 0.0218. The molecule has 41 heavy (non-hydrogen) atoms. The fourth-order valence-electron chi connectivity index (χ4n) is 5.56. The topological polar surface area (TPSA) is 60.4 Å². The molecule has 0 aliphatic carbocycles. The molecule has 0 atom stereocenters. The van der Waals surface area contributed by atoms with E-state index in [2.05, 4.69) is 6.92 Å². The van der Waals surface area contributed by atoms with Crippen molar-refractivity contribution in [2.75, 3.05) is 0 Å². The summed E-state index contributed by atoms with van der Waals surface area (Å²) < 4.78 is 28.8. The standard InChI is InChI=1S/C36H64O4S/c1-2-3-4-5-6-7-8-9-10-11-12-13-14-15-16-17-18-19-20-21-22-23-24-25-26-27-31-34-36(37)40-41(38,39)35-32-29-28-30-33-35/h28-30,32-33H,2-27,31,34H2,1H3. The maximum atomic E-state index is 12.1. The smallest absolute Gasteiger partial charge is 0.341 e. The maximum absolute atomic E-state index is 12.1. The van der Waals surface area contributed by atoms with Gasteiger partial charge in [-0.25, -0.2) is 0 Å². The van der Waals surface area contributed by atoms with Crippen LogP contribution in [0.2, 0.25) is 0 Å². The number of hydrogen-bond donors (Lipinski definition) is 0. The Balaban J connectivity index is 1.73. The summed E-state index contributed by atoms with van der Waals surface area (Å²) >= 11 is 0. The second-order valence-corrected chi connectivity index (χ2v) is 13.7. The minimum Gasteiger partial charge on any atom is -0.342 e. The summed E-state index contributed by atoms with van der Waals surface area (Å²) in [5.74, 6) is -0.659. The highest BCUT2D eigenvalue weighted by Gasteiger charge is 2.19. The average Bonchev–Trinajstić information content (AvgIpc) is 2.97. The van der Waals surface area contributed by atoms with Crippen molar-refractivity contribution in [1.82, 2.24) is 0 Å². The average molecular weight is 593 g/mol. The molecule has 0 radical (unpaired) electrons. The number of carbonyl (C=O) groups excluding carboxylic acids is 1. The molecule has 4 nitrogen and oxygen atoms in total. The molecule has 5 heteroatoms. The largest absolute Gasteiger partial charge is 0.342 e. The predicted molar refractivity (Wildman–Crippen MR) is 175 cm³/mol. The normalized spacial score (nSPS) is 11.6. The molecule has 0 aliphatic heterocycles. The summed E-state index contributed by atoms with van der Waals surface area (Å²) in [6.07, 6.45) is 36.6. The summed E-state index contributed by atoms with van der Waals surface area (Å²) in [7, 11) is -3.99. The highest BCUT2D eigenvalue weighted by molar-refractivity contribution is 7.87. The molecule has 0 heterocycles. The molecular weight excluding hydrogens is 528 g/mol. The molecule has 0 amide bonds. The second kappa shape index (κ2) is 27.5. The van der Waals surface area contributed by atoms with Crippen LogP contribution in [0.25, 0.3) is 0 Å². The summed E-state index contributed by atoms with van der Waals surface area (Å²) in [6.45, 7) is 2.29. The highest BCUT2D eigenvalue weighted by atomic mass is 32.2. The molecule has 0 N–H and O–H groups in total. The van der Waals surface area contributed by atoms with E-state index in [1.165, 1.54) is 166 Å². The van der Waals surface area contributed by atoms with E-state index in [0.717, 1.165) is 12.8 Å². The lowest BCUT2D eigenvalue weighted by molar-refractivity contribution is -0.133. The SMILES string of the molecule is CCCCCCCCCCCCCCCCCCCCCCCCCCCCCC(=O)OS(=O)(=O)c1ccccc1. The van der Waals surface area contributed by atoms with Crippen LogP contribution in [0.4, 0.5) is 0 Å². The van der Waals surface area contributed by atoms with Crippen molar-refractivity contribution in [2.45, 2.75) is 192 Å². The van der Waals surface area contributed by atoms with Crippen LogP contribution in [0.15, 0.2) is 35.2 Å². The molecule has 0 unspecified atom stereocenters. The van der Waals surface area contributed by atoms with Crippen LogP contribution in [-0.4, -0.2) is 14.4 Å². The summed E-state index contributed by atoms with van der Waals surface area (Å²) in [5.41, 5.74) is 0. The van der Waals surface area contributed by atoms with Gasteiger partial charge in [-0.05, 0) is 18.6 Å². The van der Waals surface area contributed by atoms with Crippen molar-refractivity contribution in [1.29, 1.82) is 0 Å². The Morgan fingerprint density at radius 3 is 1.10 bits per heavy atom. The molecule has 1 aromatic rings. The van der Waals surface area contributed by atoms with Crippen molar-refractivity contribution in [3.8, 4) is 0 Å². The van der Waals surface area contributed by atoms with E-state index >= 15 is 0 Å². The molecule has 1 aromatic carbocycles. The van der Waals surface area contributed by atoms with E-state index in [4.69, 9.17) is 4.18 Å². The van der Waals surface area contributed by atoms with Crippen LogP contribution in [0.3, 0.4) is 0 Å². The van der Waals surface area contributed by atoms with Crippen molar-refractivity contribution >= 4 is 16.1 Å². The number of rotatable bonds is 30. The molecule has 0 aliphatic rings. The van der Waals surface area contributed by atoms with E-state index < -0.39 is 16.1 Å². The molecule has 0 saturated heterocycles. The van der Waals surface area contributed by atoms with Crippen molar-refractivity contribution in [3.05, 3.63) is 30.3 Å². The molecule has 0 saturated carbocycles. The third-order valence-corrected chi connectivity index (χ3v) is 9.47. The molecule has 0 bridgehead atoms. The highest BCUT2D eigenvalue weighted by Crippen LogP contribution is 2.17. The Morgan fingerprint density at radius 1 is 0.488 bits per heavy atom. The second-order valence-electron chi connectivity index (χ2n) is 12.2. The number of carbonyl (C=O) groups is 1. The fourth-order valence-corrected chi connectivity index (χ4v) is 6.48. The van der Waals surface area contributed by atoms with E-state index in [-0.39, 0.29) is 11.3 Å². The van der Waals surface area contributed by atoms with Crippen LogP contribution in [0.5, 0.6) is 0 Å². The summed E-state index contributed by atoms with van der Waals surface area (Å²) in [5, 5.41) is 0. The molecule has 1 rings (SSSR count). The first-order valence-electron chi connectivity index (χ1n) is 17.6. The Hall–Kier alpha value is -1.36. The van der Waals surface area contributed by atoms with Gasteiger partial charge in [-0.1, -0.05) is 192 Å². The zero-order valence-electron chi connectivity index (χ0n) is 26.7. The van der Waals surface area contributed by atoms with Gasteiger partial charge in [0.15, 0.2) is 0 Å². The first-order chi connectivity index (χ1) is 20.1. The number of unbranched alkanes of at least 4 members (excludes halogenated alkanes) is 26. The van der Waals surface area contributed by atoms with Gasteiger partial charge in [0.2, 0.25) is 0 Å². The van der Waals surface area contributed by atoms with E-state index in [9.17, 15) is 13.2 Å². The van der Waals surface area contributed by atoms with Crippen molar-refractivity contribution in [2.24, 2.45) is 0 Å². The van der Waals surface area contributed by atoms with Gasteiger partial charge in [0, 0.05) is 6.42 Å². The third-order valence-electron chi connectivity index (χ3n) is 8.22. The predicted octanol–water partition coefficient (Wildman–Crippen LogP) is 11.9. The van der Waals surface area contributed by atoms with Crippen LogP contribution in [0.1, 0.15) is 187 Å². The van der Waals surface area contributed by atoms with Gasteiger partial charge < -0.3 is 4.18 Å². The van der Waals surface area contributed by atoms with Crippen LogP contribution < -0.4 is 0 Å². The molecule has 0 spiro atoms.